The van der Waals surface area contributed by atoms with Crippen LogP contribution in [0.4, 0.5) is 20.2 Å². The Morgan fingerprint density at radius 1 is 1.37 bits per heavy atom. The normalized spacial score (nSPS) is 10.3. The predicted molar refractivity (Wildman–Crippen MR) is 67.7 cm³/mol. The molecule has 19 heavy (non-hydrogen) atoms. The fourth-order valence-corrected chi connectivity index (χ4v) is 1.56. The lowest BCUT2D eigenvalue weighted by Gasteiger charge is -2.08. The van der Waals surface area contributed by atoms with Crippen LogP contribution >= 0.6 is 0 Å². The number of carbonyl (C=O) groups is 1. The van der Waals surface area contributed by atoms with Gasteiger partial charge in [-0.1, -0.05) is 6.07 Å². The zero-order valence-electron chi connectivity index (χ0n) is 10.1. The number of aryl methyl sites for hydroxylation is 1. The molecule has 0 atom stereocenters. The molecule has 2 rings (SSSR count). The molecule has 1 aromatic carbocycles. The van der Waals surface area contributed by atoms with Crippen molar-refractivity contribution < 1.29 is 13.6 Å². The number of hydrogen-bond acceptors (Lipinski definition) is 3. The van der Waals surface area contributed by atoms with Crippen LogP contribution in [0.25, 0.3) is 0 Å². The maximum absolute atomic E-state index is 13.4. The Bertz CT molecular complexity index is 644. The SMILES string of the molecule is Cc1cc(N)c(C(=O)Nc2cccc(F)c2F)cn1. The molecule has 0 aliphatic heterocycles. The van der Waals surface area contributed by atoms with Crippen LogP contribution in [0.15, 0.2) is 30.5 Å². The van der Waals surface area contributed by atoms with Crippen molar-refractivity contribution in [2.75, 3.05) is 11.1 Å². The fraction of sp³-hybridized carbons (Fsp3) is 0.0769. The monoisotopic (exact) mass is 263 g/mol. The fourth-order valence-electron chi connectivity index (χ4n) is 1.56. The molecule has 1 aromatic heterocycles. The topological polar surface area (TPSA) is 68.0 Å². The van der Waals surface area contributed by atoms with Crippen LogP contribution in [0.3, 0.4) is 0 Å². The van der Waals surface area contributed by atoms with E-state index in [1.54, 1.807) is 6.92 Å². The molecular weight excluding hydrogens is 252 g/mol. The predicted octanol–water partition coefficient (Wildman–Crippen LogP) is 2.50. The lowest BCUT2D eigenvalue weighted by Crippen LogP contribution is -2.16. The van der Waals surface area contributed by atoms with E-state index in [9.17, 15) is 13.6 Å². The molecule has 1 amide bonds. The smallest absolute Gasteiger partial charge is 0.259 e. The summed E-state index contributed by atoms with van der Waals surface area (Å²) in [6.07, 6.45) is 1.29. The molecular formula is C13H11F2N3O. The quantitative estimate of drug-likeness (QED) is 0.874. The van der Waals surface area contributed by atoms with Gasteiger partial charge in [0, 0.05) is 17.6 Å². The first-order chi connectivity index (χ1) is 8.99. The summed E-state index contributed by atoms with van der Waals surface area (Å²) in [7, 11) is 0. The van der Waals surface area contributed by atoms with Crippen molar-refractivity contribution in [1.82, 2.24) is 4.98 Å². The largest absolute Gasteiger partial charge is 0.398 e. The first-order valence-electron chi connectivity index (χ1n) is 5.46. The average Bonchev–Trinajstić information content (AvgIpc) is 2.34. The van der Waals surface area contributed by atoms with E-state index in [1.165, 1.54) is 24.4 Å². The van der Waals surface area contributed by atoms with E-state index >= 15 is 0 Å². The maximum atomic E-state index is 13.4. The van der Waals surface area contributed by atoms with Crippen molar-refractivity contribution in [1.29, 1.82) is 0 Å². The Kier molecular flexibility index (Phi) is 3.41. The Balaban J connectivity index is 2.28. The molecule has 0 bridgehead atoms. The van der Waals surface area contributed by atoms with Crippen LogP contribution in [0.1, 0.15) is 16.1 Å². The van der Waals surface area contributed by atoms with E-state index in [0.29, 0.717) is 5.69 Å². The molecule has 0 unspecified atom stereocenters. The number of nitrogens with two attached hydrogens (primary N) is 1. The second-order valence-electron chi connectivity index (χ2n) is 3.97. The zero-order chi connectivity index (χ0) is 14.0. The van der Waals surface area contributed by atoms with Crippen molar-refractivity contribution in [2.45, 2.75) is 6.92 Å². The van der Waals surface area contributed by atoms with Gasteiger partial charge >= 0.3 is 0 Å². The van der Waals surface area contributed by atoms with Gasteiger partial charge < -0.3 is 11.1 Å². The molecule has 0 radical (unpaired) electrons. The second-order valence-corrected chi connectivity index (χ2v) is 3.97. The summed E-state index contributed by atoms with van der Waals surface area (Å²) in [5, 5.41) is 2.25. The molecule has 1 heterocycles. The molecule has 0 spiro atoms. The van der Waals surface area contributed by atoms with Crippen molar-refractivity contribution in [3.05, 3.63) is 53.4 Å². The lowest BCUT2D eigenvalue weighted by molar-refractivity contribution is 0.102. The molecule has 4 nitrogen and oxygen atoms in total. The van der Waals surface area contributed by atoms with Gasteiger partial charge in [-0.2, -0.15) is 0 Å². The van der Waals surface area contributed by atoms with Gasteiger partial charge in [-0.3, -0.25) is 9.78 Å². The standard InChI is InChI=1S/C13H11F2N3O/c1-7-5-10(16)8(6-17-7)13(19)18-11-4-2-3-9(14)12(11)15/h2-6H,1H3,(H2,16,17)(H,18,19). The second kappa shape index (κ2) is 5.01. The minimum Gasteiger partial charge on any atom is -0.398 e. The van der Waals surface area contributed by atoms with Crippen LogP contribution in [-0.4, -0.2) is 10.9 Å². The van der Waals surface area contributed by atoms with Crippen LogP contribution < -0.4 is 11.1 Å². The highest BCUT2D eigenvalue weighted by Gasteiger charge is 2.14. The summed E-state index contributed by atoms with van der Waals surface area (Å²) in [5.41, 5.74) is 6.42. The number of benzene rings is 1. The van der Waals surface area contributed by atoms with Crippen molar-refractivity contribution in [3.63, 3.8) is 0 Å². The summed E-state index contributed by atoms with van der Waals surface area (Å²) in [6, 6.07) is 5.04. The Morgan fingerprint density at radius 3 is 2.79 bits per heavy atom. The van der Waals surface area contributed by atoms with E-state index in [2.05, 4.69) is 10.3 Å². The number of pyridine rings is 1. The average molecular weight is 263 g/mol. The third kappa shape index (κ3) is 2.67. The number of nitrogens with zero attached hydrogens (tertiary/aromatic N) is 1. The number of nitrogens with one attached hydrogen (secondary N) is 1. The maximum Gasteiger partial charge on any atom is 0.259 e. The van der Waals surface area contributed by atoms with E-state index in [1.807, 2.05) is 0 Å². The number of aromatic nitrogens is 1. The molecule has 0 saturated heterocycles. The van der Waals surface area contributed by atoms with Crippen LogP contribution in [0, 0.1) is 18.6 Å². The van der Waals surface area contributed by atoms with E-state index < -0.39 is 17.5 Å². The highest BCUT2D eigenvalue weighted by atomic mass is 19.2. The Labute approximate surface area is 108 Å². The summed E-state index contributed by atoms with van der Waals surface area (Å²) < 4.78 is 26.4. The number of hydrogen-bond donors (Lipinski definition) is 2. The van der Waals surface area contributed by atoms with Gasteiger partial charge in [0.25, 0.3) is 5.91 Å². The Morgan fingerprint density at radius 2 is 2.11 bits per heavy atom. The van der Waals surface area contributed by atoms with Gasteiger partial charge in [0.1, 0.15) is 0 Å². The van der Waals surface area contributed by atoms with Crippen molar-refractivity contribution in [2.24, 2.45) is 0 Å². The Hall–Kier alpha value is -2.50. The molecule has 98 valence electrons. The molecule has 6 heteroatoms. The highest BCUT2D eigenvalue weighted by molar-refractivity contribution is 6.07. The van der Waals surface area contributed by atoms with Gasteiger partial charge in [-0.25, -0.2) is 8.78 Å². The number of carbonyl (C=O) groups excluding carboxylic acids is 1. The number of anilines is 2. The summed E-state index contributed by atoms with van der Waals surface area (Å²) in [5.74, 6) is -2.79. The van der Waals surface area contributed by atoms with Gasteiger partial charge in [-0.15, -0.1) is 0 Å². The van der Waals surface area contributed by atoms with Crippen molar-refractivity contribution in [3.8, 4) is 0 Å². The molecule has 0 fully saturated rings. The van der Waals surface area contributed by atoms with Crippen LogP contribution in [0.2, 0.25) is 0 Å². The van der Waals surface area contributed by atoms with Crippen molar-refractivity contribution >= 4 is 17.3 Å². The first-order valence-corrected chi connectivity index (χ1v) is 5.46. The molecule has 3 N–H and O–H groups in total. The summed E-state index contributed by atoms with van der Waals surface area (Å²) >= 11 is 0. The van der Waals surface area contributed by atoms with E-state index in [-0.39, 0.29) is 16.9 Å². The number of nitrogen functional groups attached to an aromatic ring is 1. The summed E-state index contributed by atoms with van der Waals surface area (Å²) in [4.78, 5) is 15.8. The van der Waals surface area contributed by atoms with Crippen LogP contribution in [0.5, 0.6) is 0 Å². The minimum absolute atomic E-state index is 0.106. The van der Waals surface area contributed by atoms with Gasteiger partial charge in [0.2, 0.25) is 0 Å². The number of rotatable bonds is 2. The molecule has 0 aliphatic rings. The number of halogens is 2. The third-order valence-corrected chi connectivity index (χ3v) is 2.52. The zero-order valence-corrected chi connectivity index (χ0v) is 10.1. The third-order valence-electron chi connectivity index (χ3n) is 2.52. The summed E-state index contributed by atoms with van der Waals surface area (Å²) in [6.45, 7) is 1.73. The van der Waals surface area contributed by atoms with Crippen LogP contribution in [-0.2, 0) is 0 Å². The van der Waals surface area contributed by atoms with Gasteiger partial charge in [0.15, 0.2) is 11.6 Å². The minimum atomic E-state index is -1.12. The molecule has 0 saturated carbocycles. The van der Waals surface area contributed by atoms with E-state index in [0.717, 1.165) is 6.07 Å². The molecule has 0 aliphatic carbocycles. The first kappa shape index (κ1) is 12.9. The molecule has 2 aromatic rings. The lowest BCUT2D eigenvalue weighted by atomic mass is 10.2. The van der Waals surface area contributed by atoms with Gasteiger partial charge in [-0.05, 0) is 25.1 Å². The van der Waals surface area contributed by atoms with E-state index in [4.69, 9.17) is 5.73 Å². The highest BCUT2D eigenvalue weighted by Crippen LogP contribution is 2.19. The van der Waals surface area contributed by atoms with Gasteiger partial charge in [0.05, 0.1) is 11.3 Å². The number of amides is 1.